The van der Waals surface area contributed by atoms with Crippen molar-refractivity contribution in [2.45, 2.75) is 19.9 Å². The first-order valence-corrected chi connectivity index (χ1v) is 7.28. The molecule has 0 spiro atoms. The van der Waals surface area contributed by atoms with E-state index in [4.69, 9.17) is 4.42 Å². The Labute approximate surface area is 121 Å². The fraction of sp³-hybridized carbons (Fsp3) is 0.200. The van der Waals surface area contributed by atoms with Gasteiger partial charge < -0.3 is 9.73 Å². The van der Waals surface area contributed by atoms with E-state index in [9.17, 15) is 0 Å². The second-order valence-corrected chi connectivity index (χ2v) is 5.67. The van der Waals surface area contributed by atoms with E-state index < -0.39 is 0 Å². The molecule has 0 saturated heterocycles. The maximum absolute atomic E-state index is 5.32. The largest absolute Gasteiger partial charge is 0.444 e. The highest BCUT2D eigenvalue weighted by Crippen LogP contribution is 2.25. The molecule has 0 aliphatic rings. The number of oxazole rings is 1. The average Bonchev–Trinajstić information content (AvgIpc) is 3.10. The van der Waals surface area contributed by atoms with Crippen LogP contribution in [0.4, 0.5) is 5.69 Å². The van der Waals surface area contributed by atoms with Crippen molar-refractivity contribution in [1.29, 1.82) is 0 Å². The molecule has 4 nitrogen and oxygen atoms in total. The first kappa shape index (κ1) is 12.9. The second-order valence-electron chi connectivity index (χ2n) is 4.60. The van der Waals surface area contributed by atoms with E-state index in [2.05, 4.69) is 33.7 Å². The molecule has 0 bridgehead atoms. The molecule has 0 saturated carbocycles. The Morgan fingerprint density at radius 3 is 2.95 bits per heavy atom. The Bertz CT molecular complexity index is 691. The minimum absolute atomic E-state index is 0.171. The molecule has 20 heavy (non-hydrogen) atoms. The number of nitrogens with zero attached hydrogens (tertiary/aromatic N) is 2. The minimum Gasteiger partial charge on any atom is -0.444 e. The number of thiazole rings is 1. The summed E-state index contributed by atoms with van der Waals surface area (Å²) >= 11 is 1.67. The lowest BCUT2D eigenvalue weighted by Gasteiger charge is -2.13. The van der Waals surface area contributed by atoms with Crippen molar-refractivity contribution in [3.63, 3.8) is 0 Å². The number of rotatable bonds is 4. The smallest absolute Gasteiger partial charge is 0.181 e. The van der Waals surface area contributed by atoms with E-state index in [-0.39, 0.29) is 6.04 Å². The second kappa shape index (κ2) is 5.46. The number of nitrogens with one attached hydrogen (secondary N) is 1. The van der Waals surface area contributed by atoms with Gasteiger partial charge in [0.15, 0.2) is 12.2 Å². The van der Waals surface area contributed by atoms with E-state index in [0.29, 0.717) is 0 Å². The van der Waals surface area contributed by atoms with E-state index >= 15 is 0 Å². The zero-order valence-electron chi connectivity index (χ0n) is 11.3. The molecular weight excluding hydrogens is 270 g/mol. The van der Waals surface area contributed by atoms with Gasteiger partial charge in [-0.2, -0.15) is 0 Å². The molecule has 0 radical (unpaired) electrons. The molecule has 0 amide bonds. The van der Waals surface area contributed by atoms with Crippen molar-refractivity contribution in [3.8, 4) is 11.3 Å². The van der Waals surface area contributed by atoms with Crippen LogP contribution in [0.3, 0.4) is 0 Å². The van der Waals surface area contributed by atoms with Crippen molar-refractivity contribution in [2.24, 2.45) is 0 Å². The fourth-order valence-corrected chi connectivity index (χ4v) is 2.73. The van der Waals surface area contributed by atoms with E-state index in [1.807, 2.05) is 25.1 Å². The normalized spacial score (nSPS) is 12.3. The molecule has 102 valence electrons. The third-order valence-electron chi connectivity index (χ3n) is 3.04. The van der Waals surface area contributed by atoms with Gasteiger partial charge in [0.05, 0.1) is 22.9 Å². The van der Waals surface area contributed by atoms with Gasteiger partial charge in [0.1, 0.15) is 0 Å². The highest BCUT2D eigenvalue weighted by molar-refractivity contribution is 7.09. The molecule has 0 aliphatic carbocycles. The summed E-state index contributed by atoms with van der Waals surface area (Å²) in [5, 5.41) is 6.63. The van der Waals surface area contributed by atoms with Crippen molar-refractivity contribution in [2.75, 3.05) is 5.32 Å². The molecule has 0 aliphatic heterocycles. The van der Waals surface area contributed by atoms with E-state index in [1.165, 1.54) is 6.39 Å². The van der Waals surface area contributed by atoms with Crippen LogP contribution in [-0.2, 0) is 0 Å². The topological polar surface area (TPSA) is 51.0 Å². The Kier molecular flexibility index (Phi) is 3.52. The molecule has 1 aromatic carbocycles. The quantitative estimate of drug-likeness (QED) is 0.777. The van der Waals surface area contributed by atoms with Crippen molar-refractivity contribution >= 4 is 17.0 Å². The van der Waals surface area contributed by atoms with Gasteiger partial charge in [-0.1, -0.05) is 12.1 Å². The fourth-order valence-electron chi connectivity index (χ4n) is 2.02. The Morgan fingerprint density at radius 1 is 1.35 bits per heavy atom. The highest BCUT2D eigenvalue weighted by atomic mass is 32.1. The summed E-state index contributed by atoms with van der Waals surface area (Å²) < 4.78 is 5.32. The molecule has 0 fully saturated rings. The number of benzene rings is 1. The number of anilines is 1. The first-order valence-electron chi connectivity index (χ1n) is 6.40. The van der Waals surface area contributed by atoms with Gasteiger partial charge in [0.2, 0.25) is 0 Å². The van der Waals surface area contributed by atoms with Crippen molar-refractivity contribution in [3.05, 3.63) is 52.9 Å². The van der Waals surface area contributed by atoms with Crippen molar-refractivity contribution < 1.29 is 4.42 Å². The molecule has 5 heteroatoms. The maximum Gasteiger partial charge on any atom is 0.181 e. The summed E-state index contributed by atoms with van der Waals surface area (Å²) in [6.45, 7) is 4.13. The molecule has 3 aromatic rings. The molecule has 1 N–H and O–H groups in total. The van der Waals surface area contributed by atoms with Crippen LogP contribution in [0, 0.1) is 6.92 Å². The van der Waals surface area contributed by atoms with Gasteiger partial charge in [0, 0.05) is 16.6 Å². The summed E-state index contributed by atoms with van der Waals surface area (Å²) in [4.78, 5) is 8.45. The van der Waals surface area contributed by atoms with Gasteiger partial charge in [-0.15, -0.1) is 11.3 Å². The summed E-state index contributed by atoms with van der Waals surface area (Å²) in [5.74, 6) is 0.769. The lowest BCUT2D eigenvalue weighted by molar-refractivity contribution is 0.572. The Balaban J connectivity index is 1.79. The molecule has 1 atom stereocenters. The number of aromatic nitrogens is 2. The standard InChI is InChI=1S/C15H15N3OS/c1-10(14-8-20-11(2)18-14)17-13-5-3-4-12(6-13)15-7-16-9-19-15/h3-10,17H,1-2H3. The van der Waals surface area contributed by atoms with Crippen LogP contribution in [0.2, 0.25) is 0 Å². The van der Waals surface area contributed by atoms with Crippen molar-refractivity contribution in [1.82, 2.24) is 9.97 Å². The predicted molar refractivity (Wildman–Crippen MR) is 80.8 cm³/mol. The van der Waals surface area contributed by atoms with Gasteiger partial charge in [0.25, 0.3) is 0 Å². The molecule has 3 rings (SSSR count). The highest BCUT2D eigenvalue weighted by Gasteiger charge is 2.09. The van der Waals surface area contributed by atoms with Gasteiger partial charge in [-0.25, -0.2) is 9.97 Å². The minimum atomic E-state index is 0.171. The number of hydrogen-bond acceptors (Lipinski definition) is 5. The van der Waals surface area contributed by atoms with Crippen LogP contribution >= 0.6 is 11.3 Å². The zero-order chi connectivity index (χ0) is 13.9. The Morgan fingerprint density at radius 2 is 2.25 bits per heavy atom. The van der Waals surface area contributed by atoms with Gasteiger partial charge >= 0.3 is 0 Å². The molecule has 1 unspecified atom stereocenters. The molecular formula is C15H15N3OS. The number of aryl methyl sites for hydroxylation is 1. The zero-order valence-corrected chi connectivity index (χ0v) is 12.1. The third kappa shape index (κ3) is 2.72. The summed E-state index contributed by atoms with van der Waals surface area (Å²) in [6, 6.07) is 8.26. The van der Waals surface area contributed by atoms with E-state index in [0.717, 1.165) is 27.7 Å². The van der Waals surface area contributed by atoms with Gasteiger partial charge in [-0.3, -0.25) is 0 Å². The SMILES string of the molecule is Cc1nc(C(C)Nc2cccc(-c3cnco3)c2)cs1. The summed E-state index contributed by atoms with van der Waals surface area (Å²) in [5.41, 5.74) is 3.11. The molecule has 2 heterocycles. The van der Waals surface area contributed by atoms with E-state index in [1.54, 1.807) is 17.5 Å². The number of hydrogen-bond donors (Lipinski definition) is 1. The lowest BCUT2D eigenvalue weighted by atomic mass is 10.1. The van der Waals surface area contributed by atoms with Crippen LogP contribution < -0.4 is 5.32 Å². The summed E-state index contributed by atoms with van der Waals surface area (Å²) in [6.07, 6.45) is 3.16. The van der Waals surface area contributed by atoms with Crippen LogP contribution in [0.25, 0.3) is 11.3 Å². The van der Waals surface area contributed by atoms with Crippen LogP contribution in [0.15, 0.2) is 46.7 Å². The lowest BCUT2D eigenvalue weighted by Crippen LogP contribution is -2.06. The maximum atomic E-state index is 5.32. The predicted octanol–water partition coefficient (Wildman–Crippen LogP) is 4.28. The third-order valence-corrected chi connectivity index (χ3v) is 3.83. The first-order chi connectivity index (χ1) is 9.72. The summed E-state index contributed by atoms with van der Waals surface area (Å²) in [7, 11) is 0. The molecule has 2 aromatic heterocycles. The monoisotopic (exact) mass is 285 g/mol. The average molecular weight is 285 g/mol. The van der Waals surface area contributed by atoms with Gasteiger partial charge in [-0.05, 0) is 26.0 Å². The van der Waals surface area contributed by atoms with Crippen LogP contribution in [0.5, 0.6) is 0 Å². The van der Waals surface area contributed by atoms with Crippen LogP contribution in [-0.4, -0.2) is 9.97 Å². The Hall–Kier alpha value is -2.14. The van der Waals surface area contributed by atoms with Crippen LogP contribution in [0.1, 0.15) is 23.7 Å².